The van der Waals surface area contributed by atoms with Crippen molar-refractivity contribution in [3.05, 3.63) is 58.7 Å². The molecule has 2 fully saturated rings. The van der Waals surface area contributed by atoms with E-state index < -0.39 is 0 Å². The molecule has 1 aromatic rings. The Bertz CT molecular complexity index is 922. The van der Waals surface area contributed by atoms with Crippen molar-refractivity contribution < 1.29 is 19.0 Å². The van der Waals surface area contributed by atoms with Crippen molar-refractivity contribution in [3.8, 4) is 5.75 Å². The molecule has 1 amide bonds. The molecule has 2 heterocycles. The first-order valence-corrected chi connectivity index (χ1v) is 12.5. The van der Waals surface area contributed by atoms with Gasteiger partial charge >= 0.3 is 0 Å². The summed E-state index contributed by atoms with van der Waals surface area (Å²) >= 11 is 6.80. The van der Waals surface area contributed by atoms with E-state index in [4.69, 9.17) is 26.4 Å². The van der Waals surface area contributed by atoms with Crippen LogP contribution < -0.4 is 4.74 Å². The summed E-state index contributed by atoms with van der Waals surface area (Å²) in [6.45, 7) is 3.24. The Labute approximate surface area is 199 Å². The van der Waals surface area contributed by atoms with Gasteiger partial charge in [0.2, 0.25) is 0 Å². The van der Waals surface area contributed by atoms with Gasteiger partial charge in [-0.1, -0.05) is 81.2 Å². The molecule has 0 saturated carbocycles. The third kappa shape index (κ3) is 5.70. The smallest absolute Gasteiger partial charge is 0.270 e. The molecule has 2 aliphatic heterocycles. The number of unbranched alkanes of at least 4 members (excludes halogenated alkanes) is 5. The van der Waals surface area contributed by atoms with Crippen LogP contribution in [0.5, 0.6) is 5.75 Å². The van der Waals surface area contributed by atoms with Crippen molar-refractivity contribution in [1.82, 2.24) is 4.90 Å². The van der Waals surface area contributed by atoms with Crippen LogP contribution in [0, 0.1) is 0 Å². The quantitative estimate of drug-likeness (QED) is 0.243. The van der Waals surface area contributed by atoms with Crippen LogP contribution >= 0.6 is 24.0 Å². The number of amides is 1. The number of carbonyl (C=O) groups is 1. The molecule has 0 spiro atoms. The largest absolute Gasteiger partial charge is 0.494 e. The third-order valence-electron chi connectivity index (χ3n) is 5.63. The van der Waals surface area contributed by atoms with Crippen LogP contribution in [0.1, 0.15) is 51.0 Å². The number of ether oxygens (including phenoxy) is 3. The second-order valence-corrected chi connectivity index (χ2v) is 9.71. The molecule has 0 bridgehead atoms. The van der Waals surface area contributed by atoms with E-state index >= 15 is 0 Å². The fourth-order valence-corrected chi connectivity index (χ4v) is 5.13. The lowest BCUT2D eigenvalue weighted by atomic mass is 10.1. The SMILES string of the molecule is CCCCCCCCOc1ccc(/C=C2\SC(=S)N(C3=C[C@@H]4OCO[C@H]4C=C3)C2=O)cc1. The lowest BCUT2D eigenvalue weighted by Gasteiger charge is -2.22. The number of allylic oxidation sites excluding steroid dienone is 1. The van der Waals surface area contributed by atoms with Gasteiger partial charge in [-0.05, 0) is 42.3 Å². The Morgan fingerprint density at radius 3 is 2.69 bits per heavy atom. The molecule has 1 aliphatic carbocycles. The molecule has 0 aromatic heterocycles. The summed E-state index contributed by atoms with van der Waals surface area (Å²) in [5.74, 6) is 0.741. The van der Waals surface area contributed by atoms with E-state index in [1.165, 1.54) is 43.9 Å². The molecule has 2 saturated heterocycles. The van der Waals surface area contributed by atoms with Gasteiger partial charge in [-0.15, -0.1) is 0 Å². The Kier molecular flexibility index (Phi) is 8.19. The Morgan fingerprint density at radius 1 is 1.12 bits per heavy atom. The van der Waals surface area contributed by atoms with E-state index in [1.54, 1.807) is 4.90 Å². The topological polar surface area (TPSA) is 48.0 Å². The standard InChI is InChI=1S/C25H29NO4S2/c1-2-3-4-5-6-7-14-28-20-11-8-18(9-12-20)15-23-24(27)26(25(31)32-23)19-10-13-21-22(16-19)30-17-29-21/h8-13,15-16,21-22H,2-7,14,17H2,1H3/b23-15-/t21-,22-/m0/s1. The van der Waals surface area contributed by atoms with Gasteiger partial charge in [0.05, 0.1) is 11.5 Å². The van der Waals surface area contributed by atoms with Crippen LogP contribution in [-0.4, -0.2) is 40.7 Å². The molecule has 0 unspecified atom stereocenters. The highest BCUT2D eigenvalue weighted by Gasteiger charge is 2.37. The number of carbonyl (C=O) groups excluding carboxylic acids is 1. The van der Waals surface area contributed by atoms with Crippen LogP contribution in [0.3, 0.4) is 0 Å². The summed E-state index contributed by atoms with van der Waals surface area (Å²) in [6.07, 6.45) is 14.8. The Morgan fingerprint density at radius 2 is 1.88 bits per heavy atom. The highest BCUT2D eigenvalue weighted by molar-refractivity contribution is 8.26. The first-order valence-electron chi connectivity index (χ1n) is 11.3. The molecule has 7 heteroatoms. The fourth-order valence-electron chi connectivity index (χ4n) is 3.83. The zero-order chi connectivity index (χ0) is 22.3. The molecule has 0 radical (unpaired) electrons. The van der Waals surface area contributed by atoms with Gasteiger partial charge in [0, 0.05) is 5.70 Å². The minimum Gasteiger partial charge on any atom is -0.494 e. The molecule has 4 rings (SSSR count). The van der Waals surface area contributed by atoms with Crippen LogP contribution in [-0.2, 0) is 14.3 Å². The molecule has 2 atom stereocenters. The number of hydrogen-bond acceptors (Lipinski definition) is 6. The summed E-state index contributed by atoms with van der Waals surface area (Å²) in [5, 5.41) is 0. The zero-order valence-corrected chi connectivity index (χ0v) is 20.0. The Balaban J connectivity index is 1.31. The fraction of sp³-hybridized carbons (Fsp3) is 0.440. The predicted octanol–water partition coefficient (Wildman–Crippen LogP) is 5.82. The van der Waals surface area contributed by atoms with E-state index in [0.29, 0.717) is 9.23 Å². The van der Waals surface area contributed by atoms with Crippen molar-refractivity contribution in [3.63, 3.8) is 0 Å². The molecule has 1 aromatic carbocycles. The van der Waals surface area contributed by atoms with Crippen molar-refractivity contribution >= 4 is 40.3 Å². The van der Waals surface area contributed by atoms with Crippen molar-refractivity contribution in [2.75, 3.05) is 13.4 Å². The highest BCUT2D eigenvalue weighted by Crippen LogP contribution is 2.37. The van der Waals surface area contributed by atoms with Gasteiger partial charge in [0.1, 0.15) is 24.8 Å². The van der Waals surface area contributed by atoms with Gasteiger partial charge in [0.25, 0.3) is 5.91 Å². The van der Waals surface area contributed by atoms with E-state index in [0.717, 1.165) is 30.0 Å². The second kappa shape index (κ2) is 11.3. The van der Waals surface area contributed by atoms with E-state index in [-0.39, 0.29) is 24.9 Å². The summed E-state index contributed by atoms with van der Waals surface area (Å²) in [5.41, 5.74) is 1.68. The minimum absolute atomic E-state index is 0.0884. The van der Waals surface area contributed by atoms with E-state index in [2.05, 4.69) is 6.92 Å². The number of fused-ring (bicyclic) bond motifs is 1. The van der Waals surface area contributed by atoms with Crippen LogP contribution in [0.25, 0.3) is 6.08 Å². The predicted molar refractivity (Wildman–Crippen MR) is 132 cm³/mol. The summed E-state index contributed by atoms with van der Waals surface area (Å²) in [7, 11) is 0. The number of thioether (sulfide) groups is 1. The molecule has 5 nitrogen and oxygen atoms in total. The minimum atomic E-state index is -0.174. The van der Waals surface area contributed by atoms with Gasteiger partial charge in [-0.3, -0.25) is 9.69 Å². The maximum atomic E-state index is 13.0. The number of hydrogen-bond donors (Lipinski definition) is 0. The first-order chi connectivity index (χ1) is 15.7. The van der Waals surface area contributed by atoms with Gasteiger partial charge in [0.15, 0.2) is 4.32 Å². The number of nitrogens with zero attached hydrogens (tertiary/aromatic N) is 1. The normalized spacial score (nSPS) is 23.7. The second-order valence-electron chi connectivity index (χ2n) is 8.03. The number of thiocarbonyl (C=S) groups is 1. The first kappa shape index (κ1) is 23.2. The molecular weight excluding hydrogens is 442 g/mol. The summed E-state index contributed by atoms with van der Waals surface area (Å²) < 4.78 is 17.4. The highest BCUT2D eigenvalue weighted by atomic mass is 32.2. The van der Waals surface area contributed by atoms with Gasteiger partial charge in [-0.25, -0.2) is 0 Å². The van der Waals surface area contributed by atoms with Crippen molar-refractivity contribution in [2.45, 2.75) is 57.7 Å². The van der Waals surface area contributed by atoms with Crippen molar-refractivity contribution in [2.24, 2.45) is 0 Å². The summed E-state index contributed by atoms with van der Waals surface area (Å²) in [4.78, 5) is 15.2. The van der Waals surface area contributed by atoms with Crippen LogP contribution in [0.4, 0.5) is 0 Å². The molecule has 32 heavy (non-hydrogen) atoms. The van der Waals surface area contributed by atoms with Crippen molar-refractivity contribution in [1.29, 1.82) is 0 Å². The molecular formula is C25H29NO4S2. The molecule has 0 N–H and O–H groups in total. The zero-order valence-electron chi connectivity index (χ0n) is 18.3. The Hall–Kier alpha value is -1.93. The maximum Gasteiger partial charge on any atom is 0.270 e. The monoisotopic (exact) mass is 471 g/mol. The third-order valence-corrected chi connectivity index (χ3v) is 6.94. The summed E-state index contributed by atoms with van der Waals surface area (Å²) in [6, 6.07) is 7.84. The average molecular weight is 472 g/mol. The van der Waals surface area contributed by atoms with E-state index in [1.807, 2.05) is 48.6 Å². The molecule has 3 aliphatic rings. The number of benzene rings is 1. The van der Waals surface area contributed by atoms with Gasteiger partial charge < -0.3 is 14.2 Å². The maximum absolute atomic E-state index is 13.0. The lowest BCUT2D eigenvalue weighted by Crippen LogP contribution is -2.31. The average Bonchev–Trinajstić information content (AvgIpc) is 3.37. The number of rotatable bonds is 10. The lowest BCUT2D eigenvalue weighted by molar-refractivity contribution is -0.120. The van der Waals surface area contributed by atoms with Crippen LogP contribution in [0.2, 0.25) is 0 Å². The molecule has 170 valence electrons. The van der Waals surface area contributed by atoms with Crippen LogP contribution in [0.15, 0.2) is 53.1 Å². The van der Waals surface area contributed by atoms with Gasteiger partial charge in [-0.2, -0.15) is 0 Å². The van der Waals surface area contributed by atoms with E-state index in [9.17, 15) is 4.79 Å².